The molecule has 0 bridgehead atoms. The molecule has 2 aromatic carbocycles. The minimum Gasteiger partial charge on any atom is -0.456 e. The average molecular weight is 414 g/mol. The van der Waals surface area contributed by atoms with Crippen molar-refractivity contribution in [1.82, 2.24) is 9.55 Å². The van der Waals surface area contributed by atoms with Crippen LogP contribution in [0.4, 0.5) is 5.69 Å². The van der Waals surface area contributed by atoms with Crippen molar-refractivity contribution in [2.75, 3.05) is 11.4 Å². The number of fused-ring (bicyclic) bond motifs is 1. The van der Waals surface area contributed by atoms with Crippen molar-refractivity contribution in [2.24, 2.45) is 0 Å². The van der Waals surface area contributed by atoms with Crippen molar-refractivity contribution in [1.29, 1.82) is 0 Å². The number of hydrogen-bond donors (Lipinski definition) is 0. The van der Waals surface area contributed by atoms with Crippen LogP contribution in [0.1, 0.15) is 37.0 Å². The summed E-state index contributed by atoms with van der Waals surface area (Å²) in [4.78, 5) is 19.5. The van der Waals surface area contributed by atoms with Gasteiger partial charge >= 0.3 is 0 Å². The topological polar surface area (TPSA) is 47.4 Å². The predicted octanol–water partition coefficient (Wildman–Crippen LogP) is 6.30. The number of aromatic nitrogens is 2. The Morgan fingerprint density at radius 3 is 2.48 bits per heavy atom. The zero-order valence-corrected chi connectivity index (χ0v) is 18.0. The van der Waals surface area contributed by atoms with E-state index in [4.69, 9.17) is 4.74 Å². The largest absolute Gasteiger partial charge is 0.456 e. The molecule has 2 aromatic heterocycles. The number of amides is 1. The molecule has 31 heavy (non-hydrogen) atoms. The van der Waals surface area contributed by atoms with Crippen molar-refractivity contribution >= 4 is 22.5 Å². The van der Waals surface area contributed by atoms with Gasteiger partial charge in [0.2, 0.25) is 0 Å². The minimum atomic E-state index is 0.0221. The smallest absolute Gasteiger partial charge is 0.260 e. The maximum Gasteiger partial charge on any atom is 0.260 e. The summed E-state index contributed by atoms with van der Waals surface area (Å²) in [5.41, 5.74) is 2.70. The van der Waals surface area contributed by atoms with Crippen LogP contribution in [0.15, 0.2) is 79.3 Å². The Labute approximate surface area is 182 Å². The van der Waals surface area contributed by atoms with Crippen LogP contribution in [-0.2, 0) is 6.54 Å². The quantitative estimate of drug-likeness (QED) is 0.341. The van der Waals surface area contributed by atoms with Gasteiger partial charge in [-0.3, -0.25) is 9.78 Å². The van der Waals surface area contributed by atoms with Gasteiger partial charge < -0.3 is 14.2 Å². The van der Waals surface area contributed by atoms with Gasteiger partial charge in [-0.25, -0.2) is 0 Å². The average Bonchev–Trinajstić information content (AvgIpc) is 3.17. The summed E-state index contributed by atoms with van der Waals surface area (Å²) in [5.74, 6) is 1.41. The molecule has 4 aromatic rings. The lowest BCUT2D eigenvalue weighted by Gasteiger charge is -2.22. The number of pyridine rings is 1. The highest BCUT2D eigenvalue weighted by atomic mass is 16.5. The maximum atomic E-state index is 13.6. The lowest BCUT2D eigenvalue weighted by Crippen LogP contribution is -2.31. The van der Waals surface area contributed by atoms with Gasteiger partial charge in [0.15, 0.2) is 0 Å². The lowest BCUT2D eigenvalue weighted by molar-refractivity contribution is 0.0988. The van der Waals surface area contributed by atoms with Gasteiger partial charge in [0.1, 0.15) is 11.5 Å². The molecule has 0 unspecified atom stereocenters. The van der Waals surface area contributed by atoms with Crippen molar-refractivity contribution in [2.45, 2.75) is 33.2 Å². The number of rotatable bonds is 8. The Kier molecular flexibility index (Phi) is 6.32. The van der Waals surface area contributed by atoms with E-state index in [0.29, 0.717) is 18.0 Å². The lowest BCUT2D eigenvalue weighted by atomic mass is 10.1. The molecule has 1 amide bonds. The molecule has 5 nitrogen and oxygen atoms in total. The van der Waals surface area contributed by atoms with Crippen LogP contribution < -0.4 is 9.64 Å². The second-order valence-corrected chi connectivity index (χ2v) is 7.49. The molecule has 0 aliphatic carbocycles. The first-order valence-electron chi connectivity index (χ1n) is 10.8. The van der Waals surface area contributed by atoms with E-state index in [0.717, 1.165) is 41.5 Å². The van der Waals surface area contributed by atoms with Gasteiger partial charge in [-0.05, 0) is 55.3 Å². The van der Waals surface area contributed by atoms with Crippen LogP contribution in [0.25, 0.3) is 10.9 Å². The molecule has 0 saturated heterocycles. The SMILES string of the molecule is CCCN(C(=O)c1cn(CCC)c2ccccc12)c1ccc(Oc2cccnc2)cc1. The van der Waals surface area contributed by atoms with Crippen LogP contribution in [0, 0.1) is 0 Å². The third-order valence-electron chi connectivity index (χ3n) is 5.19. The fraction of sp³-hybridized carbons (Fsp3) is 0.231. The Balaban J connectivity index is 1.63. The van der Waals surface area contributed by atoms with Crippen molar-refractivity contribution < 1.29 is 9.53 Å². The normalized spacial score (nSPS) is 10.9. The molecule has 0 atom stereocenters. The Bertz CT molecular complexity index is 1150. The number of aryl methyl sites for hydroxylation is 1. The van der Waals surface area contributed by atoms with Gasteiger partial charge in [0.25, 0.3) is 5.91 Å². The molecule has 0 fully saturated rings. The zero-order chi connectivity index (χ0) is 21.6. The van der Waals surface area contributed by atoms with E-state index < -0.39 is 0 Å². The number of hydrogen-bond acceptors (Lipinski definition) is 3. The van der Waals surface area contributed by atoms with Crippen LogP contribution in [0.5, 0.6) is 11.5 Å². The number of benzene rings is 2. The van der Waals surface area contributed by atoms with Crippen LogP contribution >= 0.6 is 0 Å². The fourth-order valence-corrected chi connectivity index (χ4v) is 3.80. The minimum absolute atomic E-state index is 0.0221. The van der Waals surface area contributed by atoms with Crippen LogP contribution in [0.2, 0.25) is 0 Å². The van der Waals surface area contributed by atoms with Crippen LogP contribution in [0.3, 0.4) is 0 Å². The first-order chi connectivity index (χ1) is 15.2. The number of ether oxygens (including phenoxy) is 1. The first-order valence-corrected chi connectivity index (χ1v) is 10.8. The Hall–Kier alpha value is -3.60. The van der Waals surface area contributed by atoms with E-state index in [-0.39, 0.29) is 5.91 Å². The number of anilines is 1. The Morgan fingerprint density at radius 2 is 1.77 bits per heavy atom. The third kappa shape index (κ3) is 4.45. The third-order valence-corrected chi connectivity index (χ3v) is 5.19. The van der Waals surface area contributed by atoms with Crippen molar-refractivity contribution in [3.05, 3.63) is 84.8 Å². The molecule has 5 heteroatoms. The summed E-state index contributed by atoms with van der Waals surface area (Å²) in [6.07, 6.45) is 7.27. The monoisotopic (exact) mass is 413 g/mol. The van der Waals surface area contributed by atoms with E-state index in [2.05, 4.69) is 29.5 Å². The van der Waals surface area contributed by atoms with Gasteiger partial charge in [-0.2, -0.15) is 0 Å². The Morgan fingerprint density at radius 1 is 0.968 bits per heavy atom. The van der Waals surface area contributed by atoms with E-state index in [9.17, 15) is 4.79 Å². The number of carbonyl (C=O) groups is 1. The van der Waals surface area contributed by atoms with Gasteiger partial charge in [-0.1, -0.05) is 32.0 Å². The molecule has 0 spiro atoms. The highest BCUT2D eigenvalue weighted by Crippen LogP contribution is 2.28. The van der Waals surface area contributed by atoms with Gasteiger partial charge in [-0.15, -0.1) is 0 Å². The van der Waals surface area contributed by atoms with Crippen molar-refractivity contribution in [3.8, 4) is 11.5 Å². The molecule has 0 aliphatic rings. The molecule has 4 rings (SSSR count). The summed E-state index contributed by atoms with van der Waals surface area (Å²) >= 11 is 0. The van der Waals surface area contributed by atoms with Gasteiger partial charge in [0, 0.05) is 42.1 Å². The summed E-state index contributed by atoms with van der Waals surface area (Å²) in [7, 11) is 0. The summed E-state index contributed by atoms with van der Waals surface area (Å²) in [5, 5.41) is 0.999. The second-order valence-electron chi connectivity index (χ2n) is 7.49. The molecule has 0 radical (unpaired) electrons. The summed E-state index contributed by atoms with van der Waals surface area (Å²) < 4.78 is 8.01. The second kappa shape index (κ2) is 9.47. The number of para-hydroxylation sites is 1. The maximum absolute atomic E-state index is 13.6. The van der Waals surface area contributed by atoms with E-state index in [1.165, 1.54) is 0 Å². The molecule has 0 N–H and O–H groups in total. The molecule has 2 heterocycles. The van der Waals surface area contributed by atoms with Crippen LogP contribution in [-0.4, -0.2) is 22.0 Å². The highest BCUT2D eigenvalue weighted by molar-refractivity contribution is 6.14. The molecular weight excluding hydrogens is 386 g/mol. The van der Waals surface area contributed by atoms with Gasteiger partial charge in [0.05, 0.1) is 11.8 Å². The standard InChI is InChI=1S/C26H27N3O2/c1-3-16-28-19-24(23-9-5-6-10-25(23)28)26(30)29(17-4-2)20-11-13-21(14-12-20)31-22-8-7-15-27-18-22/h5-15,18-19H,3-4,16-17H2,1-2H3. The summed E-state index contributed by atoms with van der Waals surface area (Å²) in [6.45, 7) is 5.77. The fourth-order valence-electron chi connectivity index (χ4n) is 3.80. The zero-order valence-electron chi connectivity index (χ0n) is 18.0. The van der Waals surface area contributed by atoms with E-state index in [1.807, 2.05) is 65.7 Å². The highest BCUT2D eigenvalue weighted by Gasteiger charge is 2.21. The van der Waals surface area contributed by atoms with E-state index >= 15 is 0 Å². The van der Waals surface area contributed by atoms with E-state index in [1.54, 1.807) is 12.4 Å². The summed E-state index contributed by atoms with van der Waals surface area (Å²) in [6, 6.07) is 19.5. The number of nitrogens with zero attached hydrogens (tertiary/aromatic N) is 3. The molecular formula is C26H27N3O2. The predicted molar refractivity (Wildman–Crippen MR) is 125 cm³/mol. The van der Waals surface area contributed by atoms with Crippen molar-refractivity contribution in [3.63, 3.8) is 0 Å². The first kappa shape index (κ1) is 20.7. The molecule has 0 saturated carbocycles. The molecule has 0 aliphatic heterocycles. The number of carbonyl (C=O) groups excluding carboxylic acids is 1. The molecule has 158 valence electrons.